The van der Waals surface area contributed by atoms with Gasteiger partial charge < -0.3 is 5.73 Å². The lowest BCUT2D eigenvalue weighted by atomic mass is 10.3. The van der Waals surface area contributed by atoms with Gasteiger partial charge in [0.2, 0.25) is 5.91 Å². The van der Waals surface area contributed by atoms with Crippen LogP contribution in [0.5, 0.6) is 0 Å². The zero-order valence-electron chi connectivity index (χ0n) is 6.75. The third kappa shape index (κ3) is 3.34. The summed E-state index contributed by atoms with van der Waals surface area (Å²) in [5.41, 5.74) is 5.29. The first kappa shape index (κ1) is 9.20. The maximum atomic E-state index is 12.5. The van der Waals surface area contributed by atoms with E-state index in [0.717, 1.165) is 6.20 Å². The molecular formula is C9H7FN2O. The third-order valence-corrected chi connectivity index (χ3v) is 1.20. The highest BCUT2D eigenvalue weighted by Crippen LogP contribution is 1.98. The molecule has 0 radical (unpaired) electrons. The number of rotatable bonds is 1. The van der Waals surface area contributed by atoms with E-state index in [1.165, 1.54) is 12.3 Å². The van der Waals surface area contributed by atoms with Gasteiger partial charge in [0.15, 0.2) is 0 Å². The van der Waals surface area contributed by atoms with Gasteiger partial charge in [-0.1, -0.05) is 11.8 Å². The van der Waals surface area contributed by atoms with Crippen molar-refractivity contribution in [1.82, 2.24) is 4.98 Å². The lowest BCUT2D eigenvalue weighted by Crippen LogP contribution is -2.08. The molecule has 0 spiro atoms. The Kier molecular flexibility index (Phi) is 2.98. The molecular weight excluding hydrogens is 171 g/mol. The summed E-state index contributed by atoms with van der Waals surface area (Å²) in [6.07, 6.45) is 2.47. The molecule has 66 valence electrons. The van der Waals surface area contributed by atoms with Crippen LogP contribution in [0.15, 0.2) is 18.5 Å². The average molecular weight is 178 g/mol. The lowest BCUT2D eigenvalue weighted by Gasteiger charge is -1.88. The van der Waals surface area contributed by atoms with Crippen molar-refractivity contribution in [3.05, 3.63) is 29.8 Å². The van der Waals surface area contributed by atoms with Crippen LogP contribution in [0.1, 0.15) is 12.0 Å². The molecule has 2 N–H and O–H groups in total. The molecule has 0 fully saturated rings. The van der Waals surface area contributed by atoms with Gasteiger partial charge in [0.1, 0.15) is 5.82 Å². The van der Waals surface area contributed by atoms with Gasteiger partial charge in [-0.2, -0.15) is 0 Å². The Morgan fingerprint density at radius 2 is 2.38 bits per heavy atom. The second-order valence-electron chi connectivity index (χ2n) is 2.34. The summed E-state index contributed by atoms with van der Waals surface area (Å²) in [6.45, 7) is 0. The van der Waals surface area contributed by atoms with Crippen molar-refractivity contribution in [3.63, 3.8) is 0 Å². The largest absolute Gasteiger partial charge is 0.369 e. The van der Waals surface area contributed by atoms with Gasteiger partial charge >= 0.3 is 0 Å². The molecule has 0 atom stereocenters. The maximum absolute atomic E-state index is 12.5. The molecule has 1 aromatic heterocycles. The van der Waals surface area contributed by atoms with Crippen LogP contribution in [-0.2, 0) is 4.79 Å². The fraction of sp³-hybridized carbons (Fsp3) is 0.111. The summed E-state index contributed by atoms with van der Waals surface area (Å²) in [4.78, 5) is 13.9. The molecule has 0 aliphatic heterocycles. The first-order valence-electron chi connectivity index (χ1n) is 3.56. The zero-order valence-corrected chi connectivity index (χ0v) is 6.75. The molecule has 1 aromatic rings. The summed E-state index contributed by atoms with van der Waals surface area (Å²) in [5, 5.41) is 0. The van der Waals surface area contributed by atoms with Crippen molar-refractivity contribution in [2.45, 2.75) is 6.42 Å². The summed E-state index contributed by atoms with van der Waals surface area (Å²) in [6, 6.07) is 1.24. The number of hydrogen-bond acceptors (Lipinski definition) is 2. The third-order valence-electron chi connectivity index (χ3n) is 1.20. The van der Waals surface area contributed by atoms with Crippen LogP contribution < -0.4 is 5.73 Å². The first-order chi connectivity index (χ1) is 6.18. The number of halogens is 1. The molecule has 1 amide bonds. The number of carbonyl (C=O) groups is 1. The van der Waals surface area contributed by atoms with E-state index < -0.39 is 11.7 Å². The van der Waals surface area contributed by atoms with Gasteiger partial charge in [0.25, 0.3) is 0 Å². The lowest BCUT2D eigenvalue weighted by molar-refractivity contribution is -0.117. The molecule has 0 aromatic carbocycles. The smallest absolute Gasteiger partial charge is 0.229 e. The number of nitrogens with zero attached hydrogens (tertiary/aromatic N) is 1. The average Bonchev–Trinajstić information content (AvgIpc) is 2.03. The second-order valence-corrected chi connectivity index (χ2v) is 2.34. The zero-order chi connectivity index (χ0) is 9.68. The maximum Gasteiger partial charge on any atom is 0.229 e. The van der Waals surface area contributed by atoms with Crippen LogP contribution >= 0.6 is 0 Å². The number of primary amides is 1. The Hall–Kier alpha value is -1.89. The second kappa shape index (κ2) is 4.21. The number of nitrogens with two attached hydrogens (primary N) is 1. The van der Waals surface area contributed by atoms with E-state index in [1.54, 1.807) is 0 Å². The molecule has 0 saturated heterocycles. The van der Waals surface area contributed by atoms with E-state index in [9.17, 15) is 9.18 Å². The Morgan fingerprint density at radius 3 is 3.00 bits per heavy atom. The quantitative estimate of drug-likeness (QED) is 0.634. The normalized spacial score (nSPS) is 8.69. The minimum absolute atomic E-state index is 0.0312. The van der Waals surface area contributed by atoms with E-state index in [0.29, 0.717) is 5.56 Å². The van der Waals surface area contributed by atoms with Gasteiger partial charge in [-0.05, 0) is 6.07 Å². The van der Waals surface area contributed by atoms with Crippen molar-refractivity contribution in [2.75, 3.05) is 0 Å². The Labute approximate surface area is 74.8 Å². The van der Waals surface area contributed by atoms with E-state index in [4.69, 9.17) is 5.73 Å². The molecule has 0 unspecified atom stereocenters. The van der Waals surface area contributed by atoms with Crippen LogP contribution in [0.3, 0.4) is 0 Å². The molecule has 13 heavy (non-hydrogen) atoms. The van der Waals surface area contributed by atoms with Gasteiger partial charge in [0, 0.05) is 11.8 Å². The van der Waals surface area contributed by atoms with Crippen molar-refractivity contribution in [1.29, 1.82) is 0 Å². The van der Waals surface area contributed by atoms with Crippen LogP contribution in [0.4, 0.5) is 4.39 Å². The molecule has 0 aliphatic carbocycles. The van der Waals surface area contributed by atoms with Crippen LogP contribution in [0.25, 0.3) is 0 Å². The fourth-order valence-corrected chi connectivity index (χ4v) is 0.714. The Bertz CT molecular complexity index is 379. The summed E-state index contributed by atoms with van der Waals surface area (Å²) < 4.78 is 12.5. The Morgan fingerprint density at radius 1 is 1.62 bits per heavy atom. The number of pyridine rings is 1. The van der Waals surface area contributed by atoms with Crippen LogP contribution in [-0.4, -0.2) is 10.9 Å². The summed E-state index contributed by atoms with van der Waals surface area (Å²) >= 11 is 0. The highest BCUT2D eigenvalue weighted by atomic mass is 19.1. The molecule has 4 heteroatoms. The predicted octanol–water partition coefficient (Wildman–Crippen LogP) is 0.448. The van der Waals surface area contributed by atoms with Crippen molar-refractivity contribution in [3.8, 4) is 11.8 Å². The fourth-order valence-electron chi connectivity index (χ4n) is 0.714. The molecule has 0 bridgehead atoms. The van der Waals surface area contributed by atoms with E-state index in [1.807, 2.05) is 0 Å². The monoisotopic (exact) mass is 178 g/mol. The SMILES string of the molecule is NC(=O)CC#Cc1cncc(F)c1. The van der Waals surface area contributed by atoms with Crippen molar-refractivity contribution in [2.24, 2.45) is 5.73 Å². The minimum atomic E-state index is -0.503. The van der Waals surface area contributed by atoms with Crippen LogP contribution in [0.2, 0.25) is 0 Å². The first-order valence-corrected chi connectivity index (χ1v) is 3.56. The molecule has 0 saturated carbocycles. The highest BCUT2D eigenvalue weighted by molar-refractivity contribution is 5.76. The standard InChI is InChI=1S/C9H7FN2O/c10-8-4-7(5-12-6-8)2-1-3-9(11)13/h4-6H,3H2,(H2,11,13). The summed E-state index contributed by atoms with van der Waals surface area (Å²) in [5.74, 6) is 4.10. The topological polar surface area (TPSA) is 56.0 Å². The predicted molar refractivity (Wildman–Crippen MR) is 44.9 cm³/mol. The van der Waals surface area contributed by atoms with Gasteiger partial charge in [0.05, 0.1) is 12.6 Å². The van der Waals surface area contributed by atoms with E-state index in [2.05, 4.69) is 16.8 Å². The Balaban J connectivity index is 2.72. The van der Waals surface area contributed by atoms with Gasteiger partial charge in [-0.15, -0.1) is 0 Å². The van der Waals surface area contributed by atoms with Gasteiger partial charge in [-0.25, -0.2) is 4.39 Å². The molecule has 3 nitrogen and oxygen atoms in total. The van der Waals surface area contributed by atoms with Crippen LogP contribution in [0, 0.1) is 17.7 Å². The summed E-state index contributed by atoms with van der Waals surface area (Å²) in [7, 11) is 0. The molecule has 1 rings (SSSR count). The number of carbonyl (C=O) groups excluding carboxylic acids is 1. The van der Waals surface area contributed by atoms with E-state index >= 15 is 0 Å². The number of amides is 1. The highest BCUT2D eigenvalue weighted by Gasteiger charge is 1.91. The van der Waals surface area contributed by atoms with Crippen molar-refractivity contribution >= 4 is 5.91 Å². The van der Waals surface area contributed by atoms with E-state index in [-0.39, 0.29) is 6.42 Å². The number of hydrogen-bond donors (Lipinski definition) is 1. The number of aromatic nitrogens is 1. The molecule has 1 heterocycles. The minimum Gasteiger partial charge on any atom is -0.369 e. The van der Waals surface area contributed by atoms with Crippen molar-refractivity contribution < 1.29 is 9.18 Å². The molecule has 0 aliphatic rings. The van der Waals surface area contributed by atoms with Gasteiger partial charge in [-0.3, -0.25) is 9.78 Å².